The summed E-state index contributed by atoms with van der Waals surface area (Å²) in [6.07, 6.45) is -0.566. The van der Waals surface area contributed by atoms with Gasteiger partial charge in [-0.05, 0) is 53.7 Å². The van der Waals surface area contributed by atoms with Gasteiger partial charge in [0.25, 0.3) is 0 Å². The Hall–Kier alpha value is -1.91. The van der Waals surface area contributed by atoms with Crippen LogP contribution >= 0.6 is 24.0 Å². The molecule has 3 N–H and O–H groups in total. The Kier molecular flexibility index (Phi) is 11.9. The number of hydrogen-bond donors (Lipinski definition) is 3. The lowest BCUT2D eigenvalue weighted by Crippen LogP contribution is -2.54. The van der Waals surface area contributed by atoms with Crippen LogP contribution in [0.2, 0.25) is 0 Å². The maximum Gasteiger partial charge on any atom is 0.408 e. The van der Waals surface area contributed by atoms with Crippen molar-refractivity contribution in [3.05, 3.63) is 24.3 Å². The summed E-state index contributed by atoms with van der Waals surface area (Å²) in [6.45, 7) is 12.3. The molecule has 1 unspecified atom stereocenters. The van der Waals surface area contributed by atoms with Crippen LogP contribution in [-0.2, 0) is 4.74 Å². The van der Waals surface area contributed by atoms with Gasteiger partial charge in [-0.25, -0.2) is 4.79 Å². The predicted molar refractivity (Wildman–Crippen MR) is 131 cm³/mol. The van der Waals surface area contributed by atoms with Crippen molar-refractivity contribution in [2.45, 2.75) is 58.8 Å². The van der Waals surface area contributed by atoms with Crippen molar-refractivity contribution in [3.8, 4) is 11.5 Å². The van der Waals surface area contributed by atoms with Crippen molar-refractivity contribution in [2.75, 3.05) is 27.2 Å². The average molecular weight is 536 g/mol. The van der Waals surface area contributed by atoms with Gasteiger partial charge in [-0.3, -0.25) is 4.99 Å². The Morgan fingerprint density at radius 1 is 1.10 bits per heavy atom. The van der Waals surface area contributed by atoms with Crippen molar-refractivity contribution in [1.29, 1.82) is 0 Å². The molecule has 0 saturated carbocycles. The van der Waals surface area contributed by atoms with Gasteiger partial charge in [-0.1, -0.05) is 12.1 Å². The summed E-state index contributed by atoms with van der Waals surface area (Å²) in [4.78, 5) is 16.2. The molecule has 1 aromatic carbocycles. The normalized spacial score (nSPS) is 12.9. The number of rotatable bonds is 8. The van der Waals surface area contributed by atoms with E-state index in [2.05, 4.69) is 20.9 Å². The van der Waals surface area contributed by atoms with Gasteiger partial charge in [0.05, 0.1) is 19.2 Å². The van der Waals surface area contributed by atoms with Gasteiger partial charge in [-0.15, -0.1) is 24.0 Å². The Morgan fingerprint density at radius 2 is 1.70 bits per heavy atom. The molecule has 1 aromatic rings. The second-order valence-corrected chi connectivity index (χ2v) is 8.40. The van der Waals surface area contributed by atoms with E-state index < -0.39 is 17.2 Å². The molecule has 0 aliphatic carbocycles. The predicted octanol–water partition coefficient (Wildman–Crippen LogP) is 3.55. The first-order valence-electron chi connectivity index (χ1n) is 9.71. The topological polar surface area (TPSA) is 93.2 Å². The molecule has 0 bridgehead atoms. The number of nitrogens with zero attached hydrogens (tertiary/aromatic N) is 1. The molecule has 8 nitrogen and oxygen atoms in total. The minimum absolute atomic E-state index is 0. The zero-order valence-electron chi connectivity index (χ0n) is 19.3. The van der Waals surface area contributed by atoms with Gasteiger partial charge in [0.1, 0.15) is 11.7 Å². The first kappa shape index (κ1) is 28.1. The van der Waals surface area contributed by atoms with Crippen LogP contribution in [0, 0.1) is 0 Å². The maximum absolute atomic E-state index is 12.0. The average Bonchev–Trinajstić information content (AvgIpc) is 2.60. The summed E-state index contributed by atoms with van der Waals surface area (Å²) in [5, 5.41) is 9.29. The molecule has 1 rings (SSSR count). The Labute approximate surface area is 197 Å². The fourth-order valence-corrected chi connectivity index (χ4v) is 2.36. The summed E-state index contributed by atoms with van der Waals surface area (Å²) in [5.74, 6) is 1.99. The molecule has 9 heteroatoms. The lowest BCUT2D eigenvalue weighted by molar-refractivity contribution is 0.0474. The standard InChI is InChI=1S/C21H36N4O4.HI/c1-15(28-17-12-10-9-11-16(17)27-8)13-23-18(22-7)24-14-21(5,6)25-19(26)29-20(2,3)4;/h9-12,15H,13-14H2,1-8H3,(H,25,26)(H2,22,23,24);1H. The first-order valence-corrected chi connectivity index (χ1v) is 9.71. The van der Waals surface area contributed by atoms with Crippen LogP contribution in [0.25, 0.3) is 0 Å². The van der Waals surface area contributed by atoms with E-state index in [0.29, 0.717) is 30.5 Å². The molecule has 172 valence electrons. The zero-order valence-corrected chi connectivity index (χ0v) is 21.6. The summed E-state index contributed by atoms with van der Waals surface area (Å²) >= 11 is 0. The molecule has 1 amide bonds. The van der Waals surface area contributed by atoms with Crippen molar-refractivity contribution in [1.82, 2.24) is 16.0 Å². The molecule has 0 heterocycles. The van der Waals surface area contributed by atoms with Crippen LogP contribution in [0.3, 0.4) is 0 Å². The molecule has 0 aromatic heterocycles. The smallest absolute Gasteiger partial charge is 0.408 e. The third-order valence-corrected chi connectivity index (χ3v) is 3.71. The number of ether oxygens (including phenoxy) is 3. The first-order chi connectivity index (χ1) is 13.5. The summed E-state index contributed by atoms with van der Waals surface area (Å²) in [6, 6.07) is 7.52. The summed E-state index contributed by atoms with van der Waals surface area (Å²) in [5.41, 5.74) is -1.07. The minimum atomic E-state index is -0.539. The number of hydrogen-bond acceptors (Lipinski definition) is 5. The molecule has 0 aliphatic rings. The van der Waals surface area contributed by atoms with E-state index in [1.807, 2.05) is 65.8 Å². The Balaban J connectivity index is 0.00000841. The molecule has 0 radical (unpaired) electrons. The van der Waals surface area contributed by atoms with E-state index in [9.17, 15) is 4.79 Å². The third kappa shape index (κ3) is 11.3. The van der Waals surface area contributed by atoms with Crippen LogP contribution in [-0.4, -0.2) is 56.5 Å². The number of carbonyl (C=O) groups excluding carboxylic acids is 1. The number of carbonyl (C=O) groups is 1. The lowest BCUT2D eigenvalue weighted by Gasteiger charge is -2.29. The number of guanidine groups is 1. The zero-order chi connectivity index (χ0) is 22.1. The molecular formula is C21H37IN4O4. The van der Waals surface area contributed by atoms with E-state index in [1.54, 1.807) is 14.2 Å². The molecule has 1 atom stereocenters. The van der Waals surface area contributed by atoms with Gasteiger partial charge in [0, 0.05) is 13.6 Å². The fourth-order valence-electron chi connectivity index (χ4n) is 2.36. The van der Waals surface area contributed by atoms with Gasteiger partial charge < -0.3 is 30.2 Å². The van der Waals surface area contributed by atoms with E-state index in [4.69, 9.17) is 14.2 Å². The SMILES string of the molecule is CN=C(NCC(C)Oc1ccccc1OC)NCC(C)(C)NC(=O)OC(C)(C)C.I. The number of nitrogens with one attached hydrogen (secondary N) is 3. The van der Waals surface area contributed by atoms with Gasteiger partial charge in [0.2, 0.25) is 0 Å². The monoisotopic (exact) mass is 536 g/mol. The van der Waals surface area contributed by atoms with E-state index >= 15 is 0 Å². The number of methoxy groups -OCH3 is 1. The van der Waals surface area contributed by atoms with E-state index in [-0.39, 0.29) is 30.1 Å². The minimum Gasteiger partial charge on any atom is -0.493 e. The molecular weight excluding hydrogens is 499 g/mol. The van der Waals surface area contributed by atoms with Crippen LogP contribution in [0.1, 0.15) is 41.5 Å². The van der Waals surface area contributed by atoms with Crippen molar-refractivity contribution < 1.29 is 19.0 Å². The summed E-state index contributed by atoms with van der Waals surface area (Å²) < 4.78 is 16.5. The number of amides is 1. The Bertz CT molecular complexity index is 690. The quantitative estimate of drug-likeness (QED) is 0.268. The number of halogens is 1. The third-order valence-electron chi connectivity index (χ3n) is 3.71. The maximum atomic E-state index is 12.0. The number of para-hydroxylation sites is 2. The highest BCUT2D eigenvalue weighted by Crippen LogP contribution is 2.26. The van der Waals surface area contributed by atoms with Crippen LogP contribution < -0.4 is 25.4 Å². The second-order valence-electron chi connectivity index (χ2n) is 8.40. The molecule has 0 saturated heterocycles. The van der Waals surface area contributed by atoms with E-state index in [0.717, 1.165) is 0 Å². The second kappa shape index (κ2) is 12.7. The van der Waals surface area contributed by atoms with E-state index in [1.165, 1.54) is 0 Å². The number of aliphatic imine (C=N–C) groups is 1. The molecule has 0 fully saturated rings. The molecule has 0 spiro atoms. The lowest BCUT2D eigenvalue weighted by atomic mass is 10.1. The number of benzene rings is 1. The van der Waals surface area contributed by atoms with Crippen molar-refractivity contribution >= 4 is 36.0 Å². The van der Waals surface area contributed by atoms with Gasteiger partial charge in [0.15, 0.2) is 17.5 Å². The number of alkyl carbamates (subject to hydrolysis) is 1. The van der Waals surface area contributed by atoms with Crippen LogP contribution in [0.5, 0.6) is 11.5 Å². The highest BCUT2D eigenvalue weighted by Gasteiger charge is 2.24. The van der Waals surface area contributed by atoms with Gasteiger partial charge >= 0.3 is 6.09 Å². The van der Waals surface area contributed by atoms with Crippen LogP contribution in [0.15, 0.2) is 29.3 Å². The Morgan fingerprint density at radius 3 is 2.23 bits per heavy atom. The molecule has 0 aliphatic heterocycles. The highest BCUT2D eigenvalue weighted by molar-refractivity contribution is 14.0. The fraction of sp³-hybridized carbons (Fsp3) is 0.619. The van der Waals surface area contributed by atoms with Gasteiger partial charge in [-0.2, -0.15) is 0 Å². The van der Waals surface area contributed by atoms with Crippen LogP contribution in [0.4, 0.5) is 4.79 Å². The molecule has 30 heavy (non-hydrogen) atoms. The summed E-state index contributed by atoms with van der Waals surface area (Å²) in [7, 11) is 3.30. The van der Waals surface area contributed by atoms with Crippen molar-refractivity contribution in [2.24, 2.45) is 4.99 Å². The largest absolute Gasteiger partial charge is 0.493 e. The highest BCUT2D eigenvalue weighted by atomic mass is 127. The van der Waals surface area contributed by atoms with Crippen molar-refractivity contribution in [3.63, 3.8) is 0 Å².